The second kappa shape index (κ2) is 9.05. The third-order valence-corrected chi connectivity index (χ3v) is 4.66. The number of benzene rings is 3. The number of carbonyl (C=O) groups excluding carboxylic acids is 3. The van der Waals surface area contributed by atoms with Crippen molar-refractivity contribution in [1.29, 1.82) is 0 Å². The zero-order valence-corrected chi connectivity index (χ0v) is 17.1. The summed E-state index contributed by atoms with van der Waals surface area (Å²) in [6.45, 7) is 3.80. The summed E-state index contributed by atoms with van der Waals surface area (Å²) in [6.07, 6.45) is 0. The molecule has 0 saturated carbocycles. The molecule has 0 saturated heterocycles. The number of nitrogens with one attached hydrogen (secondary N) is 3. The maximum atomic E-state index is 13.2. The Morgan fingerprint density at radius 1 is 0.700 bits per heavy atom. The van der Waals surface area contributed by atoms with Gasteiger partial charge in [-0.3, -0.25) is 9.59 Å². The first kappa shape index (κ1) is 20.8. The summed E-state index contributed by atoms with van der Waals surface area (Å²) >= 11 is 0. The lowest BCUT2D eigenvalue weighted by Crippen LogP contribution is -2.24. The average Bonchev–Trinajstić information content (AvgIpc) is 2.75. The average molecular weight is 401 g/mol. The zero-order chi connectivity index (χ0) is 21.7. The van der Waals surface area contributed by atoms with Crippen LogP contribution in [0.5, 0.6) is 0 Å². The van der Waals surface area contributed by atoms with Crippen molar-refractivity contribution < 1.29 is 14.4 Å². The number of carbonyl (C=O) groups is 3. The molecule has 152 valence electrons. The minimum absolute atomic E-state index is 0.197. The molecular formula is C24H23N3O3. The Morgan fingerprint density at radius 3 is 2.07 bits per heavy atom. The van der Waals surface area contributed by atoms with Gasteiger partial charge in [-0.05, 0) is 49.7 Å². The van der Waals surface area contributed by atoms with E-state index in [9.17, 15) is 14.4 Å². The van der Waals surface area contributed by atoms with Crippen molar-refractivity contribution in [3.63, 3.8) is 0 Å². The fraction of sp³-hybridized carbons (Fsp3) is 0.125. The van der Waals surface area contributed by atoms with Crippen LogP contribution in [0.3, 0.4) is 0 Å². The Balaban J connectivity index is 1.88. The molecule has 0 radical (unpaired) electrons. The molecule has 3 N–H and O–H groups in total. The smallest absolute Gasteiger partial charge is 0.318 e. The molecule has 3 amide bonds. The third kappa shape index (κ3) is 4.72. The summed E-state index contributed by atoms with van der Waals surface area (Å²) in [4.78, 5) is 37.6. The third-order valence-electron chi connectivity index (χ3n) is 4.66. The molecule has 6 heteroatoms. The molecule has 30 heavy (non-hydrogen) atoms. The SMILES string of the molecule is CNC(=O)Nc1cccc(NC(=O)c2ccccc2C(=O)c2cc(C)ccc2C)c1. The Bertz CT molecular complexity index is 1120. The van der Waals surface area contributed by atoms with E-state index >= 15 is 0 Å². The lowest BCUT2D eigenvalue weighted by Gasteiger charge is -2.12. The van der Waals surface area contributed by atoms with Crippen LogP contribution in [0.25, 0.3) is 0 Å². The van der Waals surface area contributed by atoms with Crippen molar-refractivity contribution in [3.05, 3.63) is 94.5 Å². The normalized spacial score (nSPS) is 10.2. The number of aryl methyl sites for hydroxylation is 2. The highest BCUT2D eigenvalue weighted by Crippen LogP contribution is 2.21. The lowest BCUT2D eigenvalue weighted by molar-refractivity contribution is 0.0996. The second-order valence-corrected chi connectivity index (χ2v) is 6.93. The molecule has 0 aliphatic heterocycles. The van der Waals surface area contributed by atoms with Gasteiger partial charge in [-0.2, -0.15) is 0 Å². The van der Waals surface area contributed by atoms with Crippen LogP contribution in [0.4, 0.5) is 16.2 Å². The number of anilines is 2. The topological polar surface area (TPSA) is 87.3 Å². The van der Waals surface area contributed by atoms with Crippen LogP contribution in [-0.4, -0.2) is 24.8 Å². The van der Waals surface area contributed by atoms with Crippen molar-refractivity contribution in [2.75, 3.05) is 17.7 Å². The Morgan fingerprint density at radius 2 is 1.37 bits per heavy atom. The molecule has 0 bridgehead atoms. The molecule has 3 aromatic carbocycles. The van der Waals surface area contributed by atoms with E-state index in [2.05, 4.69) is 16.0 Å². The van der Waals surface area contributed by atoms with Crippen LogP contribution in [0, 0.1) is 13.8 Å². The molecule has 3 aromatic rings. The lowest BCUT2D eigenvalue weighted by atomic mass is 9.94. The fourth-order valence-electron chi connectivity index (χ4n) is 3.07. The first-order chi connectivity index (χ1) is 14.4. The summed E-state index contributed by atoms with van der Waals surface area (Å²) in [5.41, 5.74) is 4.07. The van der Waals surface area contributed by atoms with Gasteiger partial charge in [-0.15, -0.1) is 0 Å². The summed E-state index contributed by atoms with van der Waals surface area (Å²) in [7, 11) is 1.52. The molecule has 0 fully saturated rings. The van der Waals surface area contributed by atoms with Crippen LogP contribution >= 0.6 is 0 Å². The minimum Gasteiger partial charge on any atom is -0.341 e. The van der Waals surface area contributed by atoms with E-state index in [1.807, 2.05) is 32.0 Å². The van der Waals surface area contributed by atoms with E-state index in [1.54, 1.807) is 48.5 Å². The van der Waals surface area contributed by atoms with E-state index in [0.717, 1.165) is 11.1 Å². The minimum atomic E-state index is -0.402. The van der Waals surface area contributed by atoms with Crippen molar-refractivity contribution in [1.82, 2.24) is 5.32 Å². The van der Waals surface area contributed by atoms with Crippen LogP contribution in [-0.2, 0) is 0 Å². The van der Waals surface area contributed by atoms with Gasteiger partial charge in [0.15, 0.2) is 5.78 Å². The van der Waals surface area contributed by atoms with Crippen molar-refractivity contribution in [3.8, 4) is 0 Å². The van der Waals surface area contributed by atoms with Crippen LogP contribution in [0.15, 0.2) is 66.7 Å². The van der Waals surface area contributed by atoms with E-state index < -0.39 is 5.91 Å². The highest BCUT2D eigenvalue weighted by Gasteiger charge is 2.19. The zero-order valence-electron chi connectivity index (χ0n) is 17.1. The standard InChI is InChI=1S/C24H23N3O3/c1-15-11-12-16(2)21(13-15)22(28)19-9-4-5-10-20(19)23(29)26-17-7-6-8-18(14-17)27-24(30)25-3/h4-14H,1-3H3,(H,26,29)(H2,25,27,30). The molecule has 0 aliphatic rings. The van der Waals surface area contributed by atoms with Gasteiger partial charge in [0, 0.05) is 29.5 Å². The van der Waals surface area contributed by atoms with Crippen molar-refractivity contribution in [2.24, 2.45) is 0 Å². The van der Waals surface area contributed by atoms with Gasteiger partial charge in [0.25, 0.3) is 5.91 Å². The monoisotopic (exact) mass is 401 g/mol. The first-order valence-corrected chi connectivity index (χ1v) is 9.50. The number of hydrogen-bond donors (Lipinski definition) is 3. The van der Waals surface area contributed by atoms with Gasteiger partial charge in [-0.25, -0.2) is 4.79 Å². The van der Waals surface area contributed by atoms with E-state index in [0.29, 0.717) is 22.5 Å². The number of amides is 3. The maximum absolute atomic E-state index is 13.2. The maximum Gasteiger partial charge on any atom is 0.318 e. The highest BCUT2D eigenvalue weighted by atomic mass is 16.2. The molecule has 3 rings (SSSR count). The Labute approximate surface area is 175 Å². The molecule has 0 atom stereocenters. The Hall–Kier alpha value is -3.93. The van der Waals surface area contributed by atoms with Gasteiger partial charge in [0.1, 0.15) is 0 Å². The molecular weight excluding hydrogens is 378 g/mol. The number of ketones is 1. The largest absolute Gasteiger partial charge is 0.341 e. The molecule has 0 spiro atoms. The van der Waals surface area contributed by atoms with Crippen LogP contribution in [0.2, 0.25) is 0 Å². The number of hydrogen-bond acceptors (Lipinski definition) is 3. The highest BCUT2D eigenvalue weighted by molar-refractivity contribution is 6.18. The van der Waals surface area contributed by atoms with E-state index in [1.165, 1.54) is 7.05 Å². The van der Waals surface area contributed by atoms with Crippen molar-refractivity contribution >= 4 is 29.1 Å². The molecule has 0 aromatic heterocycles. The summed E-state index contributed by atoms with van der Waals surface area (Å²) < 4.78 is 0. The summed E-state index contributed by atoms with van der Waals surface area (Å²) in [6, 6.07) is 18.8. The number of urea groups is 1. The predicted octanol–water partition coefficient (Wildman–Crippen LogP) is 4.54. The quantitative estimate of drug-likeness (QED) is 0.549. The van der Waals surface area contributed by atoms with Gasteiger partial charge >= 0.3 is 6.03 Å². The summed E-state index contributed by atoms with van der Waals surface area (Å²) in [5.74, 6) is -0.599. The first-order valence-electron chi connectivity index (χ1n) is 9.50. The molecule has 6 nitrogen and oxygen atoms in total. The van der Waals surface area contributed by atoms with Gasteiger partial charge in [0.05, 0.1) is 5.56 Å². The predicted molar refractivity (Wildman–Crippen MR) is 118 cm³/mol. The molecule has 0 aliphatic carbocycles. The van der Waals surface area contributed by atoms with Crippen molar-refractivity contribution in [2.45, 2.75) is 13.8 Å². The molecule has 0 unspecified atom stereocenters. The van der Waals surface area contributed by atoms with E-state index in [-0.39, 0.29) is 17.4 Å². The van der Waals surface area contributed by atoms with Crippen LogP contribution in [0.1, 0.15) is 37.4 Å². The number of rotatable bonds is 5. The second-order valence-electron chi connectivity index (χ2n) is 6.93. The van der Waals surface area contributed by atoms with Gasteiger partial charge < -0.3 is 16.0 Å². The van der Waals surface area contributed by atoms with Crippen LogP contribution < -0.4 is 16.0 Å². The van der Waals surface area contributed by atoms with E-state index in [4.69, 9.17) is 0 Å². The Kier molecular flexibility index (Phi) is 6.27. The van der Waals surface area contributed by atoms with Gasteiger partial charge in [-0.1, -0.05) is 42.0 Å². The molecule has 0 heterocycles. The van der Waals surface area contributed by atoms with Gasteiger partial charge in [0.2, 0.25) is 0 Å². The fourth-order valence-corrected chi connectivity index (χ4v) is 3.07. The summed E-state index contributed by atoms with van der Waals surface area (Å²) in [5, 5.41) is 7.92.